The first-order valence-corrected chi connectivity index (χ1v) is 11.0. The molecule has 4 rings (SSSR count). The van der Waals surface area contributed by atoms with Gasteiger partial charge in [0, 0.05) is 5.41 Å². The van der Waals surface area contributed by atoms with Crippen LogP contribution >= 0.6 is 0 Å². The van der Waals surface area contributed by atoms with Crippen LogP contribution < -0.4 is 0 Å². The normalized spacial score (nSPS) is 36.3. The van der Waals surface area contributed by atoms with Gasteiger partial charge in [0.15, 0.2) is 0 Å². The molecule has 3 aliphatic carbocycles. The van der Waals surface area contributed by atoms with E-state index in [9.17, 15) is 25.5 Å². The van der Waals surface area contributed by atoms with Crippen molar-refractivity contribution in [3.05, 3.63) is 40.0 Å². The summed E-state index contributed by atoms with van der Waals surface area (Å²) < 4.78 is 0. The third-order valence-corrected chi connectivity index (χ3v) is 8.48. The van der Waals surface area contributed by atoms with E-state index in [0.717, 1.165) is 12.8 Å². The van der Waals surface area contributed by atoms with Gasteiger partial charge in [-0.25, -0.2) is 0 Å². The number of allylic oxidation sites excluding steroid dienone is 2. The third kappa shape index (κ3) is 2.94. The van der Waals surface area contributed by atoms with Gasteiger partial charge in [-0.1, -0.05) is 31.6 Å². The highest BCUT2D eigenvalue weighted by Crippen LogP contribution is 2.68. The van der Waals surface area contributed by atoms with Gasteiger partial charge in [-0.2, -0.15) is 0 Å². The molecule has 0 radical (unpaired) electrons. The monoisotopic (exact) mass is 416 g/mol. The summed E-state index contributed by atoms with van der Waals surface area (Å²) >= 11 is 0. The van der Waals surface area contributed by atoms with Crippen LogP contribution in [0, 0.1) is 17.8 Å². The summed E-state index contributed by atoms with van der Waals surface area (Å²) in [5.74, 6) is 0.0323. The molecule has 1 aromatic carbocycles. The number of benzene rings is 1. The molecule has 0 amide bonds. The Morgan fingerprint density at radius 2 is 1.87 bits per heavy atom. The van der Waals surface area contributed by atoms with Crippen LogP contribution in [0.5, 0.6) is 0 Å². The van der Waals surface area contributed by atoms with E-state index in [-0.39, 0.29) is 17.8 Å². The minimum atomic E-state index is -1.80. The van der Waals surface area contributed by atoms with Crippen LogP contribution in [0.3, 0.4) is 0 Å². The van der Waals surface area contributed by atoms with Crippen molar-refractivity contribution in [3.8, 4) is 0 Å². The first-order valence-electron chi connectivity index (χ1n) is 11.0. The number of hydrogen-bond donors (Lipinski definition) is 5. The summed E-state index contributed by atoms with van der Waals surface area (Å²) in [6.45, 7) is 9.26. The average Bonchev–Trinajstić information content (AvgIpc) is 3.09. The lowest BCUT2D eigenvalue weighted by atomic mass is 9.58. The Balaban J connectivity index is 1.79. The molecule has 0 saturated heterocycles. The quantitative estimate of drug-likeness (QED) is 0.508. The minimum absolute atomic E-state index is 0.0323. The van der Waals surface area contributed by atoms with Crippen LogP contribution in [-0.4, -0.2) is 56.1 Å². The molecule has 166 valence electrons. The summed E-state index contributed by atoms with van der Waals surface area (Å²) in [7, 11) is 0. The van der Waals surface area contributed by atoms with Crippen LogP contribution in [0.4, 0.5) is 0 Å². The van der Waals surface area contributed by atoms with Gasteiger partial charge in [-0.15, -0.1) is 0 Å². The van der Waals surface area contributed by atoms with Crippen LogP contribution in [-0.2, 0) is 6.42 Å². The van der Waals surface area contributed by atoms with E-state index < -0.39 is 35.9 Å². The van der Waals surface area contributed by atoms with Crippen LogP contribution in [0.25, 0.3) is 5.57 Å². The van der Waals surface area contributed by atoms with E-state index >= 15 is 0 Å². The van der Waals surface area contributed by atoms with E-state index in [1.807, 2.05) is 6.92 Å². The van der Waals surface area contributed by atoms with Gasteiger partial charge in [-0.3, -0.25) is 0 Å². The van der Waals surface area contributed by atoms with E-state index in [1.54, 1.807) is 0 Å². The molecule has 0 bridgehead atoms. The molecule has 0 aliphatic heterocycles. The van der Waals surface area contributed by atoms with E-state index in [0.29, 0.717) is 6.42 Å². The Morgan fingerprint density at radius 3 is 2.50 bits per heavy atom. The van der Waals surface area contributed by atoms with Crippen molar-refractivity contribution in [2.75, 3.05) is 6.61 Å². The summed E-state index contributed by atoms with van der Waals surface area (Å²) in [4.78, 5) is 0. The Morgan fingerprint density at radius 1 is 1.20 bits per heavy atom. The first kappa shape index (κ1) is 22.0. The van der Waals surface area contributed by atoms with Gasteiger partial charge in [0.1, 0.15) is 11.7 Å². The number of rotatable bonds is 5. The predicted molar refractivity (Wildman–Crippen MR) is 116 cm³/mol. The summed E-state index contributed by atoms with van der Waals surface area (Å²) in [6, 6.07) is 4.36. The zero-order valence-electron chi connectivity index (χ0n) is 18.7. The molecule has 0 spiro atoms. The fourth-order valence-electron chi connectivity index (χ4n) is 6.83. The standard InChI is InChI=1S/C25H36O5/c1-13-6-7-15-20-16(13)8-14(2)17(20)9-23(3)11-19(28)24(4,21(15)23)10-18(27)22(29)25(5,30)12-26/h6-7,18-19,21-22,26-30H,8-12H2,1-5H3. The van der Waals surface area contributed by atoms with Crippen molar-refractivity contribution < 1.29 is 25.5 Å². The Bertz CT molecular complexity index is 903. The number of aliphatic hydroxyl groups is 5. The molecule has 30 heavy (non-hydrogen) atoms. The van der Waals surface area contributed by atoms with Crippen LogP contribution in [0.1, 0.15) is 75.1 Å². The molecule has 1 aromatic rings. The fraction of sp³-hybridized carbons (Fsp3) is 0.680. The van der Waals surface area contributed by atoms with Crippen molar-refractivity contribution in [2.45, 2.75) is 90.1 Å². The van der Waals surface area contributed by atoms with Gasteiger partial charge in [-0.05, 0) is 85.6 Å². The van der Waals surface area contributed by atoms with Crippen molar-refractivity contribution in [1.82, 2.24) is 0 Å². The second kappa shape index (κ2) is 6.88. The molecule has 1 saturated carbocycles. The SMILES string of the molecule is CC1=C2CC3(C)CC(O)C(C)(CC(O)C(O)C(C)(O)CO)C3c3ccc(C)c(c32)C1. The highest BCUT2D eigenvalue weighted by atomic mass is 16.4. The van der Waals surface area contributed by atoms with E-state index in [2.05, 4.69) is 32.9 Å². The average molecular weight is 417 g/mol. The zero-order valence-corrected chi connectivity index (χ0v) is 18.7. The Labute approximate surface area is 179 Å². The second-order valence-electron chi connectivity index (χ2n) is 11.0. The lowest BCUT2D eigenvalue weighted by Gasteiger charge is -2.46. The minimum Gasteiger partial charge on any atom is -0.393 e. The topological polar surface area (TPSA) is 101 Å². The molecule has 0 aromatic heterocycles. The maximum atomic E-state index is 11.2. The van der Waals surface area contributed by atoms with Gasteiger partial charge in [0.25, 0.3) is 0 Å². The maximum Gasteiger partial charge on any atom is 0.113 e. The lowest BCUT2D eigenvalue weighted by Crippen LogP contribution is -2.52. The number of hydrogen-bond acceptors (Lipinski definition) is 5. The molecule has 5 N–H and O–H groups in total. The smallest absolute Gasteiger partial charge is 0.113 e. The van der Waals surface area contributed by atoms with Crippen LogP contribution in [0.2, 0.25) is 0 Å². The highest BCUT2D eigenvalue weighted by molar-refractivity contribution is 5.82. The largest absolute Gasteiger partial charge is 0.393 e. The molecule has 7 unspecified atom stereocenters. The third-order valence-electron chi connectivity index (χ3n) is 8.48. The van der Waals surface area contributed by atoms with E-state index in [4.69, 9.17) is 0 Å². The van der Waals surface area contributed by atoms with E-state index in [1.165, 1.54) is 40.3 Å². The molecule has 3 aliphatic rings. The molecule has 7 atom stereocenters. The van der Waals surface area contributed by atoms with Gasteiger partial charge in [0.2, 0.25) is 0 Å². The van der Waals surface area contributed by atoms with Gasteiger partial charge in [0.05, 0.1) is 18.8 Å². The van der Waals surface area contributed by atoms with Crippen molar-refractivity contribution >= 4 is 5.57 Å². The Hall–Kier alpha value is -1.24. The number of aryl methyl sites for hydroxylation is 1. The van der Waals surface area contributed by atoms with Gasteiger partial charge < -0.3 is 25.5 Å². The van der Waals surface area contributed by atoms with Crippen molar-refractivity contribution in [3.63, 3.8) is 0 Å². The predicted octanol–water partition coefficient (Wildman–Crippen LogP) is 2.44. The summed E-state index contributed by atoms with van der Waals surface area (Å²) in [6.07, 6.45) is -0.723. The summed E-state index contributed by atoms with van der Waals surface area (Å²) in [5, 5.41) is 52.2. The lowest BCUT2D eigenvalue weighted by molar-refractivity contribution is -0.147. The van der Waals surface area contributed by atoms with Crippen LogP contribution in [0.15, 0.2) is 17.7 Å². The Kier molecular flexibility index (Phi) is 5.04. The summed E-state index contributed by atoms with van der Waals surface area (Å²) in [5.41, 5.74) is 5.49. The highest BCUT2D eigenvalue weighted by Gasteiger charge is 2.61. The fourth-order valence-corrected chi connectivity index (χ4v) is 6.83. The van der Waals surface area contributed by atoms with Gasteiger partial charge >= 0.3 is 0 Å². The maximum absolute atomic E-state index is 11.2. The first-order chi connectivity index (χ1) is 13.9. The molecule has 0 heterocycles. The number of aliphatic hydroxyl groups excluding tert-OH is 4. The molecular formula is C25H36O5. The zero-order chi connectivity index (χ0) is 22.2. The van der Waals surface area contributed by atoms with Crippen molar-refractivity contribution in [2.24, 2.45) is 10.8 Å². The molecule has 1 fully saturated rings. The van der Waals surface area contributed by atoms with Crippen molar-refractivity contribution in [1.29, 1.82) is 0 Å². The molecule has 5 heteroatoms. The molecule has 5 nitrogen and oxygen atoms in total. The number of fused-ring (bicyclic) bond motifs is 2. The molecular weight excluding hydrogens is 380 g/mol. The second-order valence-corrected chi connectivity index (χ2v) is 11.0.